The third-order valence-electron chi connectivity index (χ3n) is 2.99. The molecule has 1 aliphatic carbocycles. The maximum absolute atomic E-state index is 13.7. The van der Waals surface area contributed by atoms with Crippen molar-refractivity contribution in [2.24, 2.45) is 0 Å². The van der Waals surface area contributed by atoms with Gasteiger partial charge >= 0.3 is 0 Å². The molecular weight excluding hydrogens is 269 g/mol. The maximum atomic E-state index is 13.7. The minimum Gasteiger partial charge on any atom is -0.368 e. The van der Waals surface area contributed by atoms with Gasteiger partial charge in [-0.15, -0.1) is 0 Å². The molecule has 0 radical (unpaired) electrons. The number of hydrogen-bond donors (Lipinski definition) is 0. The molecule has 1 aliphatic rings. The van der Waals surface area contributed by atoms with E-state index in [0.29, 0.717) is 11.4 Å². The molecule has 0 atom stereocenters. The van der Waals surface area contributed by atoms with Gasteiger partial charge in [0.25, 0.3) is 0 Å². The van der Waals surface area contributed by atoms with Gasteiger partial charge in [-0.2, -0.15) is 0 Å². The summed E-state index contributed by atoms with van der Waals surface area (Å²) in [4.78, 5) is 2.36. The zero-order valence-corrected chi connectivity index (χ0v) is 11.1. The van der Waals surface area contributed by atoms with E-state index < -0.39 is 0 Å². The fraction of sp³-hybridized carbons (Fsp3) is 0.538. The predicted octanol–water partition coefficient (Wildman–Crippen LogP) is 4.10. The van der Waals surface area contributed by atoms with Gasteiger partial charge in [-0.25, -0.2) is 4.39 Å². The number of nitrogens with zero attached hydrogens (tertiary/aromatic N) is 1. The highest BCUT2D eigenvalue weighted by Crippen LogP contribution is 2.35. The lowest BCUT2D eigenvalue weighted by molar-refractivity contribution is 0.615. The first-order chi connectivity index (χ1) is 7.77. The van der Waals surface area contributed by atoms with Crippen molar-refractivity contribution in [3.8, 4) is 0 Å². The van der Waals surface area contributed by atoms with Crippen LogP contribution in [0.4, 0.5) is 10.1 Å². The molecule has 1 aromatic rings. The van der Waals surface area contributed by atoms with Gasteiger partial charge in [0.1, 0.15) is 5.82 Å². The largest absolute Gasteiger partial charge is 0.368 e. The Morgan fingerprint density at radius 1 is 1.44 bits per heavy atom. The molecule has 0 amide bonds. The van der Waals surface area contributed by atoms with Gasteiger partial charge in [0.15, 0.2) is 0 Å². The van der Waals surface area contributed by atoms with Crippen LogP contribution in [0.5, 0.6) is 0 Å². The summed E-state index contributed by atoms with van der Waals surface area (Å²) in [5.41, 5.74) is 1.86. The average Bonchev–Trinajstić information content (AvgIpc) is 3.09. The van der Waals surface area contributed by atoms with Crippen molar-refractivity contribution in [1.82, 2.24) is 0 Å². The topological polar surface area (TPSA) is 3.24 Å². The van der Waals surface area contributed by atoms with E-state index in [0.717, 1.165) is 24.2 Å². The summed E-state index contributed by atoms with van der Waals surface area (Å²) in [7, 11) is 0. The molecule has 1 saturated carbocycles. The molecule has 0 aliphatic heterocycles. The Morgan fingerprint density at radius 2 is 2.19 bits per heavy atom. The van der Waals surface area contributed by atoms with Gasteiger partial charge in [0.05, 0.1) is 0 Å². The van der Waals surface area contributed by atoms with Crippen LogP contribution in [0.25, 0.3) is 0 Å². The molecule has 1 fully saturated rings. The number of halogens is 2. The fourth-order valence-electron chi connectivity index (χ4n) is 2.08. The van der Waals surface area contributed by atoms with Crippen molar-refractivity contribution in [2.75, 3.05) is 11.4 Å². The lowest BCUT2D eigenvalue weighted by atomic mass is 10.1. The lowest BCUT2D eigenvalue weighted by Crippen LogP contribution is -2.27. The molecule has 0 aromatic heterocycles. The Labute approximate surface area is 105 Å². The first-order valence-corrected chi connectivity index (χ1v) is 7.00. The van der Waals surface area contributed by atoms with Gasteiger partial charge in [0.2, 0.25) is 0 Å². The summed E-state index contributed by atoms with van der Waals surface area (Å²) in [6, 6.07) is 6.02. The zero-order valence-electron chi connectivity index (χ0n) is 9.55. The minimum absolute atomic E-state index is 0.101. The number of anilines is 1. The second-order valence-corrected chi connectivity index (χ2v) is 4.86. The van der Waals surface area contributed by atoms with Crippen LogP contribution in [0, 0.1) is 5.82 Å². The van der Waals surface area contributed by atoms with Crippen LogP contribution >= 0.6 is 15.9 Å². The average molecular weight is 286 g/mol. The number of rotatable bonds is 5. The zero-order chi connectivity index (χ0) is 11.5. The van der Waals surface area contributed by atoms with E-state index in [9.17, 15) is 4.39 Å². The molecular formula is C13H17BrFN. The molecule has 16 heavy (non-hydrogen) atoms. The third kappa shape index (κ3) is 2.40. The molecule has 2 rings (SSSR count). The quantitative estimate of drug-likeness (QED) is 0.737. The Bertz CT molecular complexity index is 363. The minimum atomic E-state index is -0.101. The molecule has 0 N–H and O–H groups in total. The van der Waals surface area contributed by atoms with Crippen LogP contribution in [-0.2, 0) is 5.33 Å². The van der Waals surface area contributed by atoms with Crippen molar-refractivity contribution in [3.63, 3.8) is 0 Å². The van der Waals surface area contributed by atoms with E-state index in [1.165, 1.54) is 18.9 Å². The normalized spacial score (nSPS) is 15.2. The maximum Gasteiger partial charge on any atom is 0.129 e. The standard InChI is InChI=1S/C13H17BrFN/c1-2-8-16(10-6-7-10)13-5-3-4-12(15)11(13)9-14/h3-5,10H,2,6-9H2,1H3. The molecule has 0 spiro atoms. The van der Waals surface area contributed by atoms with Crippen LogP contribution in [-0.4, -0.2) is 12.6 Å². The molecule has 0 heterocycles. The summed E-state index contributed by atoms with van der Waals surface area (Å²) in [6.45, 7) is 3.19. The SMILES string of the molecule is CCCN(c1cccc(F)c1CBr)C1CC1. The van der Waals surface area contributed by atoms with E-state index in [1.807, 2.05) is 12.1 Å². The van der Waals surface area contributed by atoms with Crippen molar-refractivity contribution >= 4 is 21.6 Å². The first kappa shape index (κ1) is 11.9. The molecule has 88 valence electrons. The second kappa shape index (κ2) is 5.17. The third-order valence-corrected chi connectivity index (χ3v) is 3.55. The van der Waals surface area contributed by atoms with E-state index >= 15 is 0 Å². The van der Waals surface area contributed by atoms with Crippen molar-refractivity contribution in [1.29, 1.82) is 0 Å². The van der Waals surface area contributed by atoms with Gasteiger partial charge < -0.3 is 4.90 Å². The smallest absolute Gasteiger partial charge is 0.129 e. The van der Waals surface area contributed by atoms with Gasteiger partial charge in [-0.3, -0.25) is 0 Å². The lowest BCUT2D eigenvalue weighted by Gasteiger charge is -2.26. The van der Waals surface area contributed by atoms with Crippen LogP contribution in [0.2, 0.25) is 0 Å². The summed E-state index contributed by atoms with van der Waals surface area (Å²) in [5, 5.41) is 0.585. The van der Waals surface area contributed by atoms with Gasteiger partial charge in [0, 0.05) is 29.2 Å². The highest BCUT2D eigenvalue weighted by atomic mass is 79.9. The Balaban J connectivity index is 2.32. The molecule has 0 bridgehead atoms. The molecule has 0 unspecified atom stereocenters. The number of alkyl halides is 1. The molecule has 0 saturated heterocycles. The van der Waals surface area contributed by atoms with Crippen LogP contribution in [0.1, 0.15) is 31.7 Å². The van der Waals surface area contributed by atoms with Crippen molar-refractivity contribution in [2.45, 2.75) is 37.6 Å². The number of benzene rings is 1. The Hall–Kier alpha value is -0.570. The summed E-state index contributed by atoms with van der Waals surface area (Å²) in [5.74, 6) is -0.101. The predicted molar refractivity (Wildman–Crippen MR) is 69.7 cm³/mol. The van der Waals surface area contributed by atoms with E-state index in [-0.39, 0.29) is 5.82 Å². The monoisotopic (exact) mass is 285 g/mol. The Morgan fingerprint density at radius 3 is 2.75 bits per heavy atom. The fourth-order valence-corrected chi connectivity index (χ4v) is 2.63. The van der Waals surface area contributed by atoms with E-state index in [1.54, 1.807) is 0 Å². The van der Waals surface area contributed by atoms with E-state index in [4.69, 9.17) is 0 Å². The highest BCUT2D eigenvalue weighted by molar-refractivity contribution is 9.08. The first-order valence-electron chi connectivity index (χ1n) is 5.88. The van der Waals surface area contributed by atoms with Crippen molar-refractivity contribution in [3.05, 3.63) is 29.6 Å². The van der Waals surface area contributed by atoms with E-state index in [2.05, 4.69) is 27.8 Å². The summed E-state index contributed by atoms with van der Waals surface area (Å²) in [6.07, 6.45) is 3.60. The van der Waals surface area contributed by atoms with Crippen molar-refractivity contribution < 1.29 is 4.39 Å². The Kier molecular flexibility index (Phi) is 3.85. The summed E-state index contributed by atoms with van der Waals surface area (Å²) < 4.78 is 13.7. The number of hydrogen-bond acceptors (Lipinski definition) is 1. The van der Waals surface area contributed by atoms with Crippen LogP contribution < -0.4 is 4.90 Å². The second-order valence-electron chi connectivity index (χ2n) is 4.30. The highest BCUT2D eigenvalue weighted by Gasteiger charge is 2.30. The van der Waals surface area contributed by atoms with Crippen LogP contribution in [0.3, 0.4) is 0 Å². The summed E-state index contributed by atoms with van der Waals surface area (Å²) >= 11 is 3.38. The molecule has 3 heteroatoms. The molecule has 1 nitrogen and oxygen atoms in total. The van der Waals surface area contributed by atoms with Gasteiger partial charge in [-0.1, -0.05) is 28.9 Å². The van der Waals surface area contributed by atoms with Gasteiger partial charge in [-0.05, 0) is 31.4 Å². The molecule has 1 aromatic carbocycles. The van der Waals surface area contributed by atoms with Crippen LogP contribution in [0.15, 0.2) is 18.2 Å².